The Bertz CT molecular complexity index is 422. The van der Waals surface area contributed by atoms with Crippen LogP contribution in [0.4, 0.5) is 0 Å². The molecule has 1 unspecified atom stereocenters. The van der Waals surface area contributed by atoms with Crippen molar-refractivity contribution in [3.8, 4) is 0 Å². The van der Waals surface area contributed by atoms with Crippen molar-refractivity contribution >= 4 is 17.6 Å². The van der Waals surface area contributed by atoms with Crippen molar-refractivity contribution in [2.45, 2.75) is 45.3 Å². The second-order valence-corrected chi connectivity index (χ2v) is 5.77. The number of esters is 1. The van der Waals surface area contributed by atoms with Crippen molar-refractivity contribution in [2.75, 3.05) is 0 Å². The molecule has 1 aromatic carbocycles. The van der Waals surface area contributed by atoms with Crippen molar-refractivity contribution in [3.05, 3.63) is 34.9 Å². The van der Waals surface area contributed by atoms with Gasteiger partial charge in [0.25, 0.3) is 0 Å². The van der Waals surface area contributed by atoms with Crippen LogP contribution in [0.3, 0.4) is 0 Å². The monoisotopic (exact) mass is 269 g/mol. The molecule has 0 fully saturated rings. The lowest BCUT2D eigenvalue weighted by molar-refractivity contribution is -0.162. The van der Waals surface area contributed by atoms with Gasteiger partial charge in [-0.3, -0.25) is 0 Å². The third-order valence-corrected chi connectivity index (χ3v) is 2.93. The molecule has 0 aliphatic carbocycles. The summed E-state index contributed by atoms with van der Waals surface area (Å²) >= 11 is 5.83. The van der Waals surface area contributed by atoms with E-state index in [1.807, 2.05) is 27.7 Å². The average Bonchev–Trinajstić information content (AvgIpc) is 2.26. The molecule has 3 nitrogen and oxygen atoms in total. The maximum atomic E-state index is 12.2. The molecule has 0 aliphatic heterocycles. The molecule has 100 valence electrons. The predicted octanol–water partition coefficient (Wildman–Crippen LogP) is 3.25. The van der Waals surface area contributed by atoms with Crippen LogP contribution in [0.2, 0.25) is 5.02 Å². The third kappa shape index (κ3) is 3.47. The Balaban J connectivity index is 3.05. The van der Waals surface area contributed by atoms with Gasteiger partial charge in [0.2, 0.25) is 0 Å². The molecule has 0 bridgehead atoms. The van der Waals surface area contributed by atoms with Crippen LogP contribution in [-0.4, -0.2) is 11.6 Å². The molecule has 0 saturated heterocycles. The lowest BCUT2D eigenvalue weighted by Crippen LogP contribution is -2.47. The maximum absolute atomic E-state index is 12.2. The van der Waals surface area contributed by atoms with E-state index in [1.54, 1.807) is 24.3 Å². The molecule has 1 rings (SSSR count). The number of hydrogen-bond donors (Lipinski definition) is 1. The van der Waals surface area contributed by atoms with E-state index in [4.69, 9.17) is 22.1 Å². The van der Waals surface area contributed by atoms with E-state index in [-0.39, 0.29) is 0 Å². The molecule has 0 spiro atoms. The summed E-state index contributed by atoms with van der Waals surface area (Å²) < 4.78 is 5.38. The summed E-state index contributed by atoms with van der Waals surface area (Å²) in [7, 11) is 0. The summed E-state index contributed by atoms with van der Waals surface area (Å²) in [5.74, 6) is -0.417. The van der Waals surface area contributed by atoms with Crippen molar-refractivity contribution in [2.24, 2.45) is 5.73 Å². The van der Waals surface area contributed by atoms with Gasteiger partial charge in [0.15, 0.2) is 0 Å². The number of benzene rings is 1. The van der Waals surface area contributed by atoms with Crippen molar-refractivity contribution < 1.29 is 9.53 Å². The van der Waals surface area contributed by atoms with Crippen LogP contribution in [-0.2, 0) is 15.1 Å². The fourth-order valence-electron chi connectivity index (χ4n) is 1.58. The van der Waals surface area contributed by atoms with E-state index in [0.717, 1.165) is 0 Å². The molecule has 0 saturated carbocycles. The minimum absolute atomic E-state index is 0.417. The van der Waals surface area contributed by atoms with Gasteiger partial charge in [-0.25, -0.2) is 4.79 Å². The summed E-state index contributed by atoms with van der Waals surface area (Å²) in [5.41, 5.74) is 5.23. The van der Waals surface area contributed by atoms with Gasteiger partial charge >= 0.3 is 5.97 Å². The van der Waals surface area contributed by atoms with Crippen LogP contribution in [0.1, 0.15) is 39.7 Å². The first-order valence-electron chi connectivity index (χ1n) is 5.97. The average molecular weight is 270 g/mol. The molecule has 0 aromatic heterocycles. The molecule has 1 atom stereocenters. The Morgan fingerprint density at radius 1 is 1.28 bits per heavy atom. The van der Waals surface area contributed by atoms with Crippen LogP contribution in [0.5, 0.6) is 0 Å². The zero-order valence-corrected chi connectivity index (χ0v) is 12.0. The number of nitrogens with two attached hydrogens (primary N) is 1. The molecular weight excluding hydrogens is 250 g/mol. The van der Waals surface area contributed by atoms with E-state index < -0.39 is 17.1 Å². The zero-order chi connectivity index (χ0) is 14.0. The normalized spacial score (nSPS) is 15.0. The lowest BCUT2D eigenvalue weighted by Gasteiger charge is -2.30. The van der Waals surface area contributed by atoms with Crippen molar-refractivity contribution in [1.29, 1.82) is 0 Å². The largest absolute Gasteiger partial charge is 0.458 e. The van der Waals surface area contributed by atoms with Gasteiger partial charge < -0.3 is 10.5 Å². The first-order valence-corrected chi connectivity index (χ1v) is 6.35. The van der Waals surface area contributed by atoms with Crippen molar-refractivity contribution in [3.63, 3.8) is 0 Å². The van der Waals surface area contributed by atoms with Crippen LogP contribution >= 0.6 is 11.6 Å². The Hall–Kier alpha value is -1.06. The summed E-state index contributed by atoms with van der Waals surface area (Å²) in [4.78, 5) is 12.2. The van der Waals surface area contributed by atoms with E-state index >= 15 is 0 Å². The number of ether oxygens (including phenoxy) is 1. The lowest BCUT2D eigenvalue weighted by atomic mass is 9.88. The second kappa shape index (κ2) is 5.29. The Morgan fingerprint density at radius 3 is 2.17 bits per heavy atom. The topological polar surface area (TPSA) is 52.3 Å². The van der Waals surface area contributed by atoms with Gasteiger partial charge in [-0.1, -0.05) is 30.7 Å². The molecule has 0 radical (unpaired) electrons. The Labute approximate surface area is 113 Å². The van der Waals surface area contributed by atoms with E-state index in [2.05, 4.69) is 0 Å². The molecule has 2 N–H and O–H groups in total. The summed E-state index contributed by atoms with van der Waals surface area (Å²) in [5, 5.41) is 0.612. The highest BCUT2D eigenvalue weighted by Gasteiger charge is 2.37. The molecular formula is C14H20ClNO2. The fraction of sp³-hybridized carbons (Fsp3) is 0.500. The van der Waals surface area contributed by atoms with Gasteiger partial charge in [-0.2, -0.15) is 0 Å². The highest BCUT2D eigenvalue weighted by atomic mass is 35.5. The van der Waals surface area contributed by atoms with Gasteiger partial charge in [0.05, 0.1) is 0 Å². The van der Waals surface area contributed by atoms with Crippen LogP contribution in [0, 0.1) is 0 Å². The SMILES string of the molecule is CCC(N)(C(=O)OC(C)(C)C)c1ccc(Cl)cc1. The van der Waals surface area contributed by atoms with Gasteiger partial charge in [0, 0.05) is 5.02 Å². The maximum Gasteiger partial charge on any atom is 0.331 e. The molecule has 4 heteroatoms. The van der Waals surface area contributed by atoms with E-state index in [1.165, 1.54) is 0 Å². The molecule has 0 amide bonds. The smallest absolute Gasteiger partial charge is 0.331 e. The number of carbonyl (C=O) groups excluding carboxylic acids is 1. The molecule has 18 heavy (non-hydrogen) atoms. The van der Waals surface area contributed by atoms with Crippen LogP contribution in [0.15, 0.2) is 24.3 Å². The predicted molar refractivity (Wildman–Crippen MR) is 73.5 cm³/mol. The van der Waals surface area contributed by atoms with E-state index in [0.29, 0.717) is 17.0 Å². The quantitative estimate of drug-likeness (QED) is 0.857. The summed E-state index contributed by atoms with van der Waals surface area (Å²) in [6, 6.07) is 6.96. The van der Waals surface area contributed by atoms with Gasteiger partial charge in [-0.05, 0) is 44.9 Å². The van der Waals surface area contributed by atoms with Crippen molar-refractivity contribution in [1.82, 2.24) is 0 Å². The number of hydrogen-bond acceptors (Lipinski definition) is 3. The highest BCUT2D eigenvalue weighted by molar-refractivity contribution is 6.30. The Kier molecular flexibility index (Phi) is 4.41. The number of rotatable bonds is 3. The zero-order valence-electron chi connectivity index (χ0n) is 11.3. The number of halogens is 1. The summed E-state index contributed by atoms with van der Waals surface area (Å²) in [6.45, 7) is 7.33. The third-order valence-electron chi connectivity index (χ3n) is 2.68. The van der Waals surface area contributed by atoms with E-state index in [9.17, 15) is 4.79 Å². The fourth-order valence-corrected chi connectivity index (χ4v) is 1.71. The number of carbonyl (C=O) groups is 1. The highest BCUT2D eigenvalue weighted by Crippen LogP contribution is 2.27. The van der Waals surface area contributed by atoms with Gasteiger partial charge in [0.1, 0.15) is 11.1 Å². The molecule has 0 aliphatic rings. The van der Waals surface area contributed by atoms with Crippen LogP contribution in [0.25, 0.3) is 0 Å². The Morgan fingerprint density at radius 2 is 1.78 bits per heavy atom. The minimum atomic E-state index is -1.13. The standard InChI is InChI=1S/C14H20ClNO2/c1-5-14(16,12(17)18-13(2,3)4)10-6-8-11(15)9-7-10/h6-9H,5,16H2,1-4H3. The second-order valence-electron chi connectivity index (χ2n) is 5.33. The summed E-state index contributed by atoms with van der Waals surface area (Å²) in [6.07, 6.45) is 0.462. The minimum Gasteiger partial charge on any atom is -0.458 e. The van der Waals surface area contributed by atoms with Gasteiger partial charge in [-0.15, -0.1) is 0 Å². The van der Waals surface area contributed by atoms with Crippen LogP contribution < -0.4 is 5.73 Å². The molecule has 1 aromatic rings. The first-order chi connectivity index (χ1) is 8.19. The molecule has 0 heterocycles. The first kappa shape index (κ1) is 15.0.